The molecule has 1 atom stereocenters. The van der Waals surface area contributed by atoms with Crippen molar-refractivity contribution >= 4 is 17.5 Å². The van der Waals surface area contributed by atoms with Gasteiger partial charge in [0.25, 0.3) is 5.91 Å². The van der Waals surface area contributed by atoms with Crippen LogP contribution in [-0.2, 0) is 4.79 Å². The number of hydrogen-bond donors (Lipinski definition) is 2. The highest BCUT2D eigenvalue weighted by molar-refractivity contribution is 6.02. The van der Waals surface area contributed by atoms with Crippen molar-refractivity contribution in [3.8, 4) is 0 Å². The lowest BCUT2D eigenvalue weighted by Gasteiger charge is -2.43. The number of anilines is 1. The Hall–Kier alpha value is -2.83. The van der Waals surface area contributed by atoms with Crippen LogP contribution in [0.1, 0.15) is 27.9 Å². The van der Waals surface area contributed by atoms with Crippen LogP contribution in [0.5, 0.6) is 0 Å². The average molecular weight is 313 g/mol. The SMILES string of the molecule is CNC(=O)CN1c2ccccc2C(=O)N(C)[C@@H]1c1nc[nH]c1C. The van der Waals surface area contributed by atoms with E-state index in [4.69, 9.17) is 0 Å². The van der Waals surface area contributed by atoms with Gasteiger partial charge in [-0.3, -0.25) is 9.59 Å². The Morgan fingerprint density at radius 2 is 2.13 bits per heavy atom. The summed E-state index contributed by atoms with van der Waals surface area (Å²) in [5.74, 6) is -0.207. The average Bonchev–Trinajstić information content (AvgIpc) is 2.98. The maximum atomic E-state index is 12.7. The van der Waals surface area contributed by atoms with Crippen LogP contribution in [0.25, 0.3) is 0 Å². The predicted octanol–water partition coefficient (Wildman–Crippen LogP) is 1.05. The van der Waals surface area contributed by atoms with Crippen LogP contribution in [0, 0.1) is 6.92 Å². The van der Waals surface area contributed by atoms with Crippen molar-refractivity contribution in [1.29, 1.82) is 0 Å². The highest BCUT2D eigenvalue weighted by atomic mass is 16.2. The summed E-state index contributed by atoms with van der Waals surface area (Å²) in [6.45, 7) is 2.04. The predicted molar refractivity (Wildman–Crippen MR) is 86.0 cm³/mol. The second-order valence-corrected chi connectivity index (χ2v) is 5.52. The molecule has 0 bridgehead atoms. The van der Waals surface area contributed by atoms with Crippen LogP contribution in [0.2, 0.25) is 0 Å². The molecule has 2 heterocycles. The second-order valence-electron chi connectivity index (χ2n) is 5.52. The minimum atomic E-state index is -0.430. The molecule has 0 radical (unpaired) electrons. The largest absolute Gasteiger partial charge is 0.358 e. The third kappa shape index (κ3) is 2.44. The number of amides is 2. The van der Waals surface area contributed by atoms with Crippen molar-refractivity contribution in [2.75, 3.05) is 25.5 Å². The van der Waals surface area contributed by atoms with E-state index in [1.807, 2.05) is 30.0 Å². The zero-order chi connectivity index (χ0) is 16.6. The molecule has 1 aliphatic heterocycles. The Balaban J connectivity index is 2.14. The number of carbonyl (C=O) groups excluding carboxylic acids is 2. The maximum absolute atomic E-state index is 12.7. The first-order valence-electron chi connectivity index (χ1n) is 7.38. The zero-order valence-corrected chi connectivity index (χ0v) is 13.3. The summed E-state index contributed by atoms with van der Waals surface area (Å²) in [4.78, 5) is 35.6. The normalized spacial score (nSPS) is 17.2. The van der Waals surface area contributed by atoms with Crippen LogP contribution in [0.4, 0.5) is 5.69 Å². The fourth-order valence-electron chi connectivity index (χ4n) is 2.91. The van der Waals surface area contributed by atoms with Gasteiger partial charge >= 0.3 is 0 Å². The van der Waals surface area contributed by atoms with E-state index < -0.39 is 6.17 Å². The molecule has 23 heavy (non-hydrogen) atoms. The maximum Gasteiger partial charge on any atom is 0.257 e. The first-order chi connectivity index (χ1) is 11.0. The number of rotatable bonds is 3. The Bertz CT molecular complexity index is 754. The fraction of sp³-hybridized carbons (Fsp3) is 0.312. The van der Waals surface area contributed by atoms with E-state index in [0.29, 0.717) is 5.56 Å². The summed E-state index contributed by atoms with van der Waals surface area (Å²) >= 11 is 0. The van der Waals surface area contributed by atoms with Gasteiger partial charge in [-0.1, -0.05) is 12.1 Å². The Morgan fingerprint density at radius 3 is 2.78 bits per heavy atom. The number of hydrogen-bond acceptors (Lipinski definition) is 4. The molecule has 2 amide bonds. The van der Waals surface area contributed by atoms with Crippen LogP contribution in [0.3, 0.4) is 0 Å². The van der Waals surface area contributed by atoms with Crippen LogP contribution in [0.15, 0.2) is 30.6 Å². The van der Waals surface area contributed by atoms with E-state index in [9.17, 15) is 9.59 Å². The first kappa shape index (κ1) is 15.1. The number of imidazole rings is 1. The third-order valence-electron chi connectivity index (χ3n) is 4.13. The smallest absolute Gasteiger partial charge is 0.257 e. The number of benzene rings is 1. The number of fused-ring (bicyclic) bond motifs is 1. The highest BCUT2D eigenvalue weighted by Gasteiger charge is 2.38. The van der Waals surface area contributed by atoms with Crippen molar-refractivity contribution in [1.82, 2.24) is 20.2 Å². The topological polar surface area (TPSA) is 81.3 Å². The molecule has 120 valence electrons. The van der Waals surface area contributed by atoms with Crippen molar-refractivity contribution in [3.05, 3.63) is 47.5 Å². The van der Waals surface area contributed by atoms with Crippen molar-refractivity contribution in [3.63, 3.8) is 0 Å². The molecule has 7 heteroatoms. The van der Waals surface area contributed by atoms with Gasteiger partial charge in [0.05, 0.1) is 24.1 Å². The lowest BCUT2D eigenvalue weighted by atomic mass is 10.0. The Labute approximate surface area is 134 Å². The summed E-state index contributed by atoms with van der Waals surface area (Å²) in [5.41, 5.74) is 2.94. The molecule has 0 spiro atoms. The van der Waals surface area contributed by atoms with Gasteiger partial charge in [0.1, 0.15) is 11.9 Å². The third-order valence-corrected chi connectivity index (χ3v) is 4.13. The quantitative estimate of drug-likeness (QED) is 0.887. The first-order valence-corrected chi connectivity index (χ1v) is 7.38. The number of likely N-dealkylation sites (N-methyl/N-ethyl adjacent to an activating group) is 1. The van der Waals surface area contributed by atoms with E-state index in [1.54, 1.807) is 31.4 Å². The van der Waals surface area contributed by atoms with Gasteiger partial charge in [-0.05, 0) is 19.1 Å². The van der Waals surface area contributed by atoms with Crippen molar-refractivity contribution in [2.45, 2.75) is 13.1 Å². The van der Waals surface area contributed by atoms with Gasteiger partial charge in [0.15, 0.2) is 0 Å². The summed E-state index contributed by atoms with van der Waals surface area (Å²) in [6, 6.07) is 7.32. The molecule has 0 aliphatic carbocycles. The molecule has 1 aromatic carbocycles. The van der Waals surface area contributed by atoms with Crippen molar-refractivity contribution < 1.29 is 9.59 Å². The molecule has 3 rings (SSSR count). The molecule has 0 saturated heterocycles. The molecule has 2 N–H and O–H groups in total. The summed E-state index contributed by atoms with van der Waals surface area (Å²) in [7, 11) is 3.33. The molecule has 1 aromatic heterocycles. The number of aryl methyl sites for hydroxylation is 1. The van der Waals surface area contributed by atoms with E-state index in [0.717, 1.165) is 17.1 Å². The Morgan fingerprint density at radius 1 is 1.39 bits per heavy atom. The van der Waals surface area contributed by atoms with Crippen LogP contribution >= 0.6 is 0 Å². The summed E-state index contributed by atoms with van der Waals surface area (Å²) < 4.78 is 0. The lowest BCUT2D eigenvalue weighted by molar-refractivity contribution is -0.119. The highest BCUT2D eigenvalue weighted by Crippen LogP contribution is 2.37. The van der Waals surface area contributed by atoms with Gasteiger partial charge in [-0.15, -0.1) is 0 Å². The molecule has 2 aromatic rings. The lowest BCUT2D eigenvalue weighted by Crippen LogP contribution is -2.50. The van der Waals surface area contributed by atoms with E-state index in [-0.39, 0.29) is 18.4 Å². The monoisotopic (exact) mass is 313 g/mol. The number of para-hydroxylation sites is 1. The fourth-order valence-corrected chi connectivity index (χ4v) is 2.91. The van der Waals surface area contributed by atoms with Gasteiger partial charge in [0, 0.05) is 19.8 Å². The van der Waals surface area contributed by atoms with E-state index in [1.165, 1.54) is 0 Å². The number of carbonyl (C=O) groups is 2. The summed E-state index contributed by atoms with van der Waals surface area (Å²) in [5, 5.41) is 2.64. The number of H-pyrrole nitrogens is 1. The van der Waals surface area contributed by atoms with Gasteiger partial charge < -0.3 is 20.1 Å². The molecular weight excluding hydrogens is 294 g/mol. The van der Waals surface area contributed by atoms with E-state index >= 15 is 0 Å². The number of nitrogens with zero attached hydrogens (tertiary/aromatic N) is 3. The molecule has 0 saturated carbocycles. The molecule has 0 fully saturated rings. The van der Waals surface area contributed by atoms with Crippen molar-refractivity contribution in [2.24, 2.45) is 0 Å². The zero-order valence-electron chi connectivity index (χ0n) is 13.3. The standard InChI is InChI=1S/C16H19N5O2/c1-10-14(19-9-18-10)15-20(3)16(23)11-6-4-5-7-12(11)21(15)8-13(22)17-2/h4-7,9,15H,8H2,1-3H3,(H,17,22)(H,18,19)/t15-/m0/s1. The second kappa shape index (κ2) is 5.75. The minimum Gasteiger partial charge on any atom is -0.358 e. The summed E-state index contributed by atoms with van der Waals surface area (Å²) in [6.07, 6.45) is 1.17. The van der Waals surface area contributed by atoms with Crippen LogP contribution in [-0.4, -0.2) is 47.3 Å². The minimum absolute atomic E-state index is 0.0823. The van der Waals surface area contributed by atoms with Gasteiger partial charge in [-0.2, -0.15) is 0 Å². The van der Waals surface area contributed by atoms with Crippen LogP contribution < -0.4 is 10.2 Å². The number of aromatic amines is 1. The molecule has 1 aliphatic rings. The number of aromatic nitrogens is 2. The van der Waals surface area contributed by atoms with Gasteiger partial charge in [0.2, 0.25) is 5.91 Å². The molecule has 0 unspecified atom stereocenters. The Kier molecular flexibility index (Phi) is 3.77. The molecular formula is C16H19N5O2. The van der Waals surface area contributed by atoms with Gasteiger partial charge in [-0.25, -0.2) is 4.98 Å². The molecule has 7 nitrogen and oxygen atoms in total. The van der Waals surface area contributed by atoms with E-state index in [2.05, 4.69) is 15.3 Å². The number of nitrogens with one attached hydrogen (secondary N) is 2.